The largest absolute Gasteiger partial charge is 0.395 e. The van der Waals surface area contributed by atoms with Crippen LogP contribution in [0.1, 0.15) is 6.42 Å². The van der Waals surface area contributed by atoms with Gasteiger partial charge in [0.1, 0.15) is 11.6 Å². The van der Waals surface area contributed by atoms with Crippen molar-refractivity contribution in [2.24, 2.45) is 0 Å². The Bertz CT molecular complexity index is 882. The molecule has 0 amide bonds. The fourth-order valence-electron chi connectivity index (χ4n) is 3.16. The maximum Gasteiger partial charge on any atom is 0.188 e. The summed E-state index contributed by atoms with van der Waals surface area (Å²) in [5, 5.41) is 25.0. The number of anilines is 1. The first kappa shape index (κ1) is 15.9. The minimum atomic E-state index is -0.349. The summed E-state index contributed by atoms with van der Waals surface area (Å²) in [5.41, 5.74) is 0.958. The van der Waals surface area contributed by atoms with Gasteiger partial charge in [0.05, 0.1) is 12.2 Å². The number of benzene rings is 1. The number of hydrogen-bond acceptors (Lipinski definition) is 6. The topological polar surface area (TPSA) is 78.6 Å². The van der Waals surface area contributed by atoms with Crippen LogP contribution in [0.3, 0.4) is 0 Å². The van der Waals surface area contributed by atoms with E-state index in [4.69, 9.17) is 5.11 Å². The molecule has 2 N–H and O–H groups in total. The lowest BCUT2D eigenvalue weighted by molar-refractivity contribution is 0.286. The van der Waals surface area contributed by atoms with Gasteiger partial charge in [-0.1, -0.05) is 12.1 Å². The van der Waals surface area contributed by atoms with Crippen molar-refractivity contribution in [2.75, 3.05) is 31.1 Å². The zero-order valence-electron chi connectivity index (χ0n) is 13.6. The molecule has 25 heavy (non-hydrogen) atoms. The van der Waals surface area contributed by atoms with Gasteiger partial charge in [-0.3, -0.25) is 0 Å². The molecule has 8 heteroatoms. The Morgan fingerprint density at radius 3 is 2.92 bits per heavy atom. The van der Waals surface area contributed by atoms with Crippen LogP contribution in [0.5, 0.6) is 0 Å². The van der Waals surface area contributed by atoms with Gasteiger partial charge in [0.15, 0.2) is 11.5 Å². The zero-order chi connectivity index (χ0) is 17.2. The molecule has 130 valence electrons. The molecule has 1 unspecified atom stereocenters. The molecule has 0 saturated carbocycles. The maximum atomic E-state index is 14.1. The van der Waals surface area contributed by atoms with Gasteiger partial charge in [-0.15, -0.1) is 15.3 Å². The van der Waals surface area contributed by atoms with E-state index in [1.165, 1.54) is 6.07 Å². The average Bonchev–Trinajstić information content (AvgIpc) is 3.27. The van der Waals surface area contributed by atoms with E-state index in [1.807, 2.05) is 12.1 Å². The molecule has 3 aromatic rings. The highest BCUT2D eigenvalue weighted by atomic mass is 19.1. The molecule has 1 aliphatic rings. The van der Waals surface area contributed by atoms with Gasteiger partial charge < -0.3 is 15.3 Å². The Hall–Kier alpha value is -2.58. The van der Waals surface area contributed by atoms with Crippen molar-refractivity contribution in [2.45, 2.75) is 12.5 Å². The van der Waals surface area contributed by atoms with Crippen LogP contribution in [-0.4, -0.2) is 57.2 Å². The lowest BCUT2D eigenvalue weighted by atomic mass is 10.2. The summed E-state index contributed by atoms with van der Waals surface area (Å²) in [7, 11) is 0. The maximum absolute atomic E-state index is 14.1. The third kappa shape index (κ3) is 3.06. The molecule has 1 aliphatic heterocycles. The molecule has 0 bridgehead atoms. The summed E-state index contributed by atoms with van der Waals surface area (Å²) in [6.45, 7) is 2.41. The fraction of sp³-hybridized carbons (Fsp3) is 0.353. The summed E-state index contributed by atoms with van der Waals surface area (Å²) >= 11 is 0. The van der Waals surface area contributed by atoms with Crippen molar-refractivity contribution < 1.29 is 9.50 Å². The molecule has 3 heterocycles. The van der Waals surface area contributed by atoms with Crippen LogP contribution in [0.15, 0.2) is 36.4 Å². The summed E-state index contributed by atoms with van der Waals surface area (Å²) < 4.78 is 15.7. The van der Waals surface area contributed by atoms with Crippen molar-refractivity contribution in [3.05, 3.63) is 42.2 Å². The van der Waals surface area contributed by atoms with Gasteiger partial charge in [-0.05, 0) is 30.7 Å². The van der Waals surface area contributed by atoms with Gasteiger partial charge in [0, 0.05) is 25.7 Å². The molecule has 1 atom stereocenters. The van der Waals surface area contributed by atoms with E-state index in [9.17, 15) is 4.39 Å². The van der Waals surface area contributed by atoms with E-state index < -0.39 is 0 Å². The van der Waals surface area contributed by atoms with Crippen LogP contribution in [-0.2, 0) is 0 Å². The van der Waals surface area contributed by atoms with Gasteiger partial charge >= 0.3 is 0 Å². The molecule has 1 saturated heterocycles. The molecule has 2 aromatic heterocycles. The number of aliphatic hydroxyl groups is 1. The van der Waals surface area contributed by atoms with Crippen molar-refractivity contribution >= 4 is 11.5 Å². The Morgan fingerprint density at radius 2 is 2.08 bits per heavy atom. The minimum Gasteiger partial charge on any atom is -0.395 e. The summed E-state index contributed by atoms with van der Waals surface area (Å²) in [6.07, 6.45) is 0.988. The molecule has 7 nitrogen and oxygen atoms in total. The van der Waals surface area contributed by atoms with E-state index in [0.717, 1.165) is 25.3 Å². The smallest absolute Gasteiger partial charge is 0.188 e. The fourth-order valence-corrected chi connectivity index (χ4v) is 3.16. The van der Waals surface area contributed by atoms with Crippen LogP contribution >= 0.6 is 0 Å². The van der Waals surface area contributed by atoms with E-state index in [1.54, 1.807) is 22.7 Å². The molecular formula is C17H19FN6O. The minimum absolute atomic E-state index is 0.132. The van der Waals surface area contributed by atoms with Crippen LogP contribution in [0.2, 0.25) is 0 Å². The van der Waals surface area contributed by atoms with E-state index in [-0.39, 0.29) is 12.4 Å². The summed E-state index contributed by atoms with van der Waals surface area (Å²) in [6, 6.07) is 10.6. The van der Waals surface area contributed by atoms with E-state index >= 15 is 0 Å². The number of aliphatic hydroxyl groups excluding tert-OH is 1. The second-order valence-electron chi connectivity index (χ2n) is 6.07. The molecule has 0 radical (unpaired) electrons. The van der Waals surface area contributed by atoms with Gasteiger partial charge in [0.25, 0.3) is 0 Å². The highest BCUT2D eigenvalue weighted by Crippen LogP contribution is 2.23. The predicted molar refractivity (Wildman–Crippen MR) is 91.9 cm³/mol. The molecule has 4 rings (SSSR count). The molecule has 1 fully saturated rings. The summed E-state index contributed by atoms with van der Waals surface area (Å²) in [5.74, 6) is 0.848. The van der Waals surface area contributed by atoms with E-state index in [0.29, 0.717) is 29.6 Å². The third-order valence-corrected chi connectivity index (χ3v) is 4.42. The number of nitrogens with zero attached hydrogens (tertiary/aromatic N) is 5. The van der Waals surface area contributed by atoms with E-state index in [2.05, 4.69) is 25.5 Å². The van der Waals surface area contributed by atoms with Crippen molar-refractivity contribution in [1.82, 2.24) is 25.1 Å². The standard InChI is InChI=1S/C17H19FN6O/c18-14-4-2-1-3-13(14)17-21-20-15-5-6-16(22-24(15)17)23-9-7-12(11-23)19-8-10-25/h1-6,12,19,25H,7-11H2. The summed E-state index contributed by atoms with van der Waals surface area (Å²) in [4.78, 5) is 2.17. The van der Waals surface area contributed by atoms with Gasteiger partial charge in [-0.25, -0.2) is 4.39 Å². The van der Waals surface area contributed by atoms with Crippen LogP contribution in [0, 0.1) is 5.82 Å². The molecule has 0 aliphatic carbocycles. The number of nitrogens with one attached hydrogen (secondary N) is 1. The normalized spacial score (nSPS) is 17.5. The monoisotopic (exact) mass is 342 g/mol. The van der Waals surface area contributed by atoms with Crippen LogP contribution < -0.4 is 10.2 Å². The number of aromatic nitrogens is 4. The van der Waals surface area contributed by atoms with Crippen molar-refractivity contribution in [3.63, 3.8) is 0 Å². The second kappa shape index (κ2) is 6.73. The van der Waals surface area contributed by atoms with Gasteiger partial charge in [0.2, 0.25) is 0 Å². The Kier molecular flexibility index (Phi) is 4.29. The molecular weight excluding hydrogens is 323 g/mol. The Balaban J connectivity index is 1.64. The second-order valence-corrected chi connectivity index (χ2v) is 6.07. The Labute approximate surface area is 144 Å². The van der Waals surface area contributed by atoms with Gasteiger partial charge in [-0.2, -0.15) is 4.52 Å². The molecule has 0 spiro atoms. The first-order valence-electron chi connectivity index (χ1n) is 8.33. The molecule has 1 aromatic carbocycles. The highest BCUT2D eigenvalue weighted by Gasteiger charge is 2.24. The lowest BCUT2D eigenvalue weighted by Gasteiger charge is -2.17. The third-order valence-electron chi connectivity index (χ3n) is 4.42. The first-order chi connectivity index (χ1) is 12.3. The first-order valence-corrected chi connectivity index (χ1v) is 8.33. The quantitative estimate of drug-likeness (QED) is 0.723. The number of halogens is 1. The van der Waals surface area contributed by atoms with Crippen molar-refractivity contribution in [3.8, 4) is 11.4 Å². The number of rotatable bonds is 5. The average molecular weight is 342 g/mol. The van der Waals surface area contributed by atoms with Crippen molar-refractivity contribution in [1.29, 1.82) is 0 Å². The number of hydrogen-bond donors (Lipinski definition) is 2. The lowest BCUT2D eigenvalue weighted by Crippen LogP contribution is -2.34. The van der Waals surface area contributed by atoms with Crippen LogP contribution in [0.4, 0.5) is 10.2 Å². The van der Waals surface area contributed by atoms with Crippen LogP contribution in [0.25, 0.3) is 17.0 Å². The number of fused-ring (bicyclic) bond motifs is 1. The zero-order valence-corrected chi connectivity index (χ0v) is 13.6. The Morgan fingerprint density at radius 1 is 1.20 bits per heavy atom. The highest BCUT2D eigenvalue weighted by molar-refractivity contribution is 5.60. The SMILES string of the molecule is OCCNC1CCN(c2ccc3nnc(-c4ccccc4F)n3n2)C1. The predicted octanol–water partition coefficient (Wildman–Crippen LogP) is 1.09.